The number of rotatable bonds is 5. The largest absolute Gasteiger partial charge is 0.395 e. The highest BCUT2D eigenvalue weighted by Gasteiger charge is 2.18. The molecule has 1 aliphatic rings. The van der Waals surface area contributed by atoms with Gasteiger partial charge in [-0.1, -0.05) is 6.07 Å². The highest BCUT2D eigenvalue weighted by Crippen LogP contribution is 2.19. The summed E-state index contributed by atoms with van der Waals surface area (Å²) in [4.78, 5) is 14.2. The van der Waals surface area contributed by atoms with Gasteiger partial charge in [-0.05, 0) is 11.6 Å². The normalized spacial score (nSPS) is 17.3. The molecule has 1 fully saturated rings. The van der Waals surface area contributed by atoms with Gasteiger partial charge in [0.2, 0.25) is 5.82 Å². The molecule has 0 aliphatic carbocycles. The van der Waals surface area contributed by atoms with E-state index in [-0.39, 0.29) is 6.61 Å². The fourth-order valence-electron chi connectivity index (χ4n) is 2.37. The first kappa shape index (κ1) is 14.8. The summed E-state index contributed by atoms with van der Waals surface area (Å²) < 4.78 is 13.5. The number of hydrogen-bond donors (Lipinski definition) is 1. The Kier molecular flexibility index (Phi) is 4.99. The minimum absolute atomic E-state index is 0.160. The van der Waals surface area contributed by atoms with E-state index in [1.54, 1.807) is 6.07 Å². The number of nitrogens with zero attached hydrogens (tertiary/aromatic N) is 3. The van der Waals surface area contributed by atoms with Crippen LogP contribution in [0.15, 0.2) is 18.2 Å². The molecule has 0 radical (unpaired) electrons. The summed E-state index contributed by atoms with van der Waals surface area (Å²) in [5, 5.41) is 19.4. The van der Waals surface area contributed by atoms with Crippen molar-refractivity contribution >= 4 is 5.69 Å². The molecule has 2 rings (SSSR count). The van der Waals surface area contributed by atoms with Gasteiger partial charge < -0.3 is 5.11 Å². The Morgan fingerprint density at radius 2 is 1.90 bits per heavy atom. The Bertz CT molecular complexity index is 476. The first-order chi connectivity index (χ1) is 9.60. The Balaban J connectivity index is 1.91. The van der Waals surface area contributed by atoms with Gasteiger partial charge in [0.05, 0.1) is 11.5 Å². The first-order valence-corrected chi connectivity index (χ1v) is 6.58. The lowest BCUT2D eigenvalue weighted by molar-refractivity contribution is -0.387. The molecular weight excluding hydrogens is 265 g/mol. The van der Waals surface area contributed by atoms with Gasteiger partial charge in [0, 0.05) is 45.3 Å². The van der Waals surface area contributed by atoms with Crippen LogP contribution in [0.25, 0.3) is 0 Å². The Hall–Kier alpha value is -1.57. The van der Waals surface area contributed by atoms with E-state index in [1.165, 1.54) is 12.1 Å². The predicted molar refractivity (Wildman–Crippen MR) is 71.9 cm³/mol. The standard InChI is InChI=1S/C13H18FN3O3/c14-12-9-11(1-2-13(12)17(19)20)10-16-5-3-15(4-6-16)7-8-18/h1-2,9,18H,3-8,10H2. The monoisotopic (exact) mass is 283 g/mol. The highest BCUT2D eigenvalue weighted by molar-refractivity contribution is 5.34. The van der Waals surface area contributed by atoms with Crippen molar-refractivity contribution in [3.8, 4) is 0 Å². The van der Waals surface area contributed by atoms with E-state index in [9.17, 15) is 14.5 Å². The molecule has 0 amide bonds. The van der Waals surface area contributed by atoms with E-state index in [4.69, 9.17) is 5.11 Å². The Labute approximate surface area is 116 Å². The van der Waals surface area contributed by atoms with E-state index >= 15 is 0 Å². The van der Waals surface area contributed by atoms with Crippen LogP contribution in [0.1, 0.15) is 5.56 Å². The van der Waals surface area contributed by atoms with Crippen LogP contribution < -0.4 is 0 Å². The van der Waals surface area contributed by atoms with E-state index in [0.717, 1.165) is 31.7 Å². The van der Waals surface area contributed by atoms with Crippen LogP contribution in [0.4, 0.5) is 10.1 Å². The average molecular weight is 283 g/mol. The highest BCUT2D eigenvalue weighted by atomic mass is 19.1. The van der Waals surface area contributed by atoms with Crippen LogP contribution in [-0.4, -0.2) is 59.2 Å². The van der Waals surface area contributed by atoms with Crippen molar-refractivity contribution in [2.24, 2.45) is 0 Å². The molecule has 1 aliphatic heterocycles. The van der Waals surface area contributed by atoms with Gasteiger partial charge >= 0.3 is 5.69 Å². The van der Waals surface area contributed by atoms with Crippen molar-refractivity contribution in [2.45, 2.75) is 6.54 Å². The molecule has 0 spiro atoms. The molecule has 7 heteroatoms. The zero-order valence-corrected chi connectivity index (χ0v) is 11.2. The maximum absolute atomic E-state index is 13.5. The van der Waals surface area contributed by atoms with Crippen LogP contribution in [0.3, 0.4) is 0 Å². The van der Waals surface area contributed by atoms with Crippen molar-refractivity contribution in [3.05, 3.63) is 39.7 Å². The molecule has 0 bridgehead atoms. The van der Waals surface area contributed by atoms with Crippen molar-refractivity contribution in [1.29, 1.82) is 0 Å². The van der Waals surface area contributed by atoms with Crippen LogP contribution in [0.2, 0.25) is 0 Å². The van der Waals surface area contributed by atoms with E-state index in [0.29, 0.717) is 13.1 Å². The molecule has 0 saturated carbocycles. The summed E-state index contributed by atoms with van der Waals surface area (Å²) in [6.07, 6.45) is 0. The van der Waals surface area contributed by atoms with Crippen molar-refractivity contribution in [3.63, 3.8) is 0 Å². The first-order valence-electron chi connectivity index (χ1n) is 6.58. The second-order valence-corrected chi connectivity index (χ2v) is 4.88. The molecule has 0 aromatic heterocycles. The molecular formula is C13H18FN3O3. The molecule has 6 nitrogen and oxygen atoms in total. The van der Waals surface area contributed by atoms with Gasteiger partial charge in [-0.25, -0.2) is 0 Å². The van der Waals surface area contributed by atoms with Crippen LogP contribution in [0.5, 0.6) is 0 Å². The molecule has 1 saturated heterocycles. The summed E-state index contributed by atoms with van der Waals surface area (Å²) in [5.74, 6) is -0.786. The van der Waals surface area contributed by atoms with Gasteiger partial charge in [-0.15, -0.1) is 0 Å². The topological polar surface area (TPSA) is 69.9 Å². The number of aliphatic hydroxyl groups excluding tert-OH is 1. The van der Waals surface area contributed by atoms with Gasteiger partial charge in [-0.3, -0.25) is 19.9 Å². The van der Waals surface area contributed by atoms with Crippen LogP contribution >= 0.6 is 0 Å². The summed E-state index contributed by atoms with van der Waals surface area (Å²) in [6.45, 7) is 4.86. The lowest BCUT2D eigenvalue weighted by atomic mass is 10.1. The van der Waals surface area contributed by atoms with Crippen molar-refractivity contribution in [2.75, 3.05) is 39.3 Å². The predicted octanol–water partition coefficient (Wildman–Crippen LogP) is 0.844. The zero-order valence-electron chi connectivity index (χ0n) is 11.2. The summed E-state index contributed by atoms with van der Waals surface area (Å²) in [7, 11) is 0. The van der Waals surface area contributed by atoms with Gasteiger partial charge in [0.25, 0.3) is 0 Å². The van der Waals surface area contributed by atoms with Crippen molar-refractivity contribution in [1.82, 2.24) is 9.80 Å². The van der Waals surface area contributed by atoms with Crippen LogP contribution in [-0.2, 0) is 6.54 Å². The number of piperazine rings is 1. The number of β-amino-alcohol motifs (C(OH)–C–C–N with tert-alkyl or cyclic N) is 1. The third kappa shape index (κ3) is 3.72. The van der Waals surface area contributed by atoms with Gasteiger partial charge in [0.15, 0.2) is 0 Å². The van der Waals surface area contributed by atoms with E-state index < -0.39 is 16.4 Å². The Morgan fingerprint density at radius 3 is 2.45 bits per heavy atom. The third-order valence-corrected chi connectivity index (χ3v) is 3.50. The fraction of sp³-hybridized carbons (Fsp3) is 0.538. The second kappa shape index (κ2) is 6.74. The molecule has 0 atom stereocenters. The summed E-state index contributed by atoms with van der Waals surface area (Å²) in [6, 6.07) is 4.05. The molecule has 110 valence electrons. The molecule has 0 unspecified atom stereocenters. The third-order valence-electron chi connectivity index (χ3n) is 3.50. The molecule has 1 heterocycles. The Morgan fingerprint density at radius 1 is 1.25 bits per heavy atom. The second-order valence-electron chi connectivity index (χ2n) is 4.88. The quantitative estimate of drug-likeness (QED) is 0.640. The maximum atomic E-state index is 13.5. The number of aliphatic hydroxyl groups is 1. The number of nitro benzene ring substituents is 1. The summed E-state index contributed by atoms with van der Waals surface area (Å²) >= 11 is 0. The average Bonchev–Trinajstić information content (AvgIpc) is 2.41. The van der Waals surface area contributed by atoms with E-state index in [2.05, 4.69) is 9.80 Å². The SMILES string of the molecule is O=[N+]([O-])c1ccc(CN2CCN(CCO)CC2)cc1F. The minimum Gasteiger partial charge on any atom is -0.395 e. The van der Waals surface area contributed by atoms with Crippen LogP contribution in [0, 0.1) is 15.9 Å². The summed E-state index contributed by atoms with van der Waals surface area (Å²) in [5.41, 5.74) is 0.255. The number of halogens is 1. The number of benzene rings is 1. The van der Waals surface area contributed by atoms with Gasteiger partial charge in [-0.2, -0.15) is 4.39 Å². The lowest BCUT2D eigenvalue weighted by Gasteiger charge is -2.34. The number of nitro groups is 1. The number of hydrogen-bond acceptors (Lipinski definition) is 5. The zero-order chi connectivity index (χ0) is 14.5. The van der Waals surface area contributed by atoms with Crippen molar-refractivity contribution < 1.29 is 14.4 Å². The molecule has 1 aromatic rings. The fourth-order valence-corrected chi connectivity index (χ4v) is 2.37. The molecule has 20 heavy (non-hydrogen) atoms. The van der Waals surface area contributed by atoms with Gasteiger partial charge in [0.1, 0.15) is 0 Å². The lowest BCUT2D eigenvalue weighted by Crippen LogP contribution is -2.46. The molecule has 1 aromatic carbocycles. The minimum atomic E-state index is -0.786. The smallest absolute Gasteiger partial charge is 0.304 e. The maximum Gasteiger partial charge on any atom is 0.304 e. The molecule has 1 N–H and O–H groups in total. The van der Waals surface area contributed by atoms with E-state index in [1.807, 2.05) is 0 Å².